The zero-order valence-electron chi connectivity index (χ0n) is 17.9. The largest absolute Gasteiger partial charge is 0.482 e. The number of ether oxygens (including phenoxy) is 2. The highest BCUT2D eigenvalue weighted by molar-refractivity contribution is 6.08. The van der Waals surface area contributed by atoms with Gasteiger partial charge in [0, 0.05) is 5.69 Å². The Labute approximate surface area is 184 Å². The van der Waals surface area contributed by atoms with Gasteiger partial charge in [-0.1, -0.05) is 12.1 Å². The molecule has 1 aliphatic heterocycles. The van der Waals surface area contributed by atoms with Gasteiger partial charge in [0.25, 0.3) is 11.8 Å². The second-order valence-corrected chi connectivity index (χ2v) is 8.04. The van der Waals surface area contributed by atoms with E-state index < -0.39 is 29.4 Å². The van der Waals surface area contributed by atoms with Gasteiger partial charge >= 0.3 is 6.09 Å². The lowest BCUT2D eigenvalue weighted by atomic mass is 10.1. The molecule has 0 aromatic heterocycles. The van der Waals surface area contributed by atoms with Crippen molar-refractivity contribution in [2.75, 3.05) is 28.7 Å². The van der Waals surface area contributed by atoms with Gasteiger partial charge < -0.3 is 20.5 Å². The van der Waals surface area contributed by atoms with Gasteiger partial charge in [-0.05, 0) is 51.1 Å². The second-order valence-electron chi connectivity index (χ2n) is 8.04. The van der Waals surface area contributed by atoms with E-state index in [1.807, 2.05) is 0 Å². The van der Waals surface area contributed by atoms with Crippen molar-refractivity contribution in [3.8, 4) is 5.75 Å². The van der Waals surface area contributed by atoms with E-state index in [4.69, 9.17) is 15.2 Å². The van der Waals surface area contributed by atoms with E-state index in [-0.39, 0.29) is 24.4 Å². The van der Waals surface area contributed by atoms with Crippen LogP contribution in [0.2, 0.25) is 0 Å². The van der Waals surface area contributed by atoms with Gasteiger partial charge in [0.1, 0.15) is 17.9 Å². The zero-order chi connectivity index (χ0) is 23.5. The number of nitrogens with one attached hydrogen (secondary N) is 2. The van der Waals surface area contributed by atoms with E-state index >= 15 is 0 Å². The molecule has 1 aliphatic rings. The fourth-order valence-electron chi connectivity index (χ4n) is 3.02. The summed E-state index contributed by atoms with van der Waals surface area (Å²) in [5.41, 5.74) is 5.73. The third-order valence-corrected chi connectivity index (χ3v) is 4.32. The Morgan fingerprint density at radius 2 is 1.84 bits per heavy atom. The first-order valence-corrected chi connectivity index (χ1v) is 9.79. The monoisotopic (exact) mass is 440 g/mol. The molecular weight excluding hydrogens is 416 g/mol. The number of nitrogens with zero attached hydrogens (tertiary/aromatic N) is 1. The summed E-state index contributed by atoms with van der Waals surface area (Å²) in [6.07, 6.45) is -0.659. The quantitative estimate of drug-likeness (QED) is 0.653. The van der Waals surface area contributed by atoms with Crippen molar-refractivity contribution in [2.24, 2.45) is 5.73 Å². The Bertz CT molecular complexity index is 1080. The van der Waals surface area contributed by atoms with Crippen LogP contribution in [0.4, 0.5) is 21.9 Å². The highest BCUT2D eigenvalue weighted by Gasteiger charge is 2.28. The Hall–Kier alpha value is -4.08. The Morgan fingerprint density at radius 1 is 1.12 bits per heavy atom. The van der Waals surface area contributed by atoms with Crippen LogP contribution in [0.1, 0.15) is 31.1 Å². The molecular formula is C22H24N4O6. The van der Waals surface area contributed by atoms with Crippen LogP contribution in [-0.4, -0.2) is 42.6 Å². The molecule has 168 valence electrons. The molecule has 0 bridgehead atoms. The zero-order valence-corrected chi connectivity index (χ0v) is 17.9. The fourth-order valence-corrected chi connectivity index (χ4v) is 3.02. The van der Waals surface area contributed by atoms with Gasteiger partial charge in [0.2, 0.25) is 5.91 Å². The molecule has 2 aromatic rings. The van der Waals surface area contributed by atoms with Crippen LogP contribution >= 0.6 is 0 Å². The van der Waals surface area contributed by atoms with E-state index in [1.165, 1.54) is 23.1 Å². The number of primary amides is 1. The number of anilines is 3. The molecule has 3 rings (SSSR count). The number of hydrogen-bond donors (Lipinski definition) is 3. The average molecular weight is 440 g/mol. The number of rotatable bonds is 5. The third-order valence-electron chi connectivity index (χ3n) is 4.32. The number of benzene rings is 2. The molecule has 0 radical (unpaired) electrons. The molecule has 10 nitrogen and oxygen atoms in total. The average Bonchev–Trinajstić information content (AvgIpc) is 2.69. The van der Waals surface area contributed by atoms with Gasteiger partial charge in [-0.15, -0.1) is 0 Å². The van der Waals surface area contributed by atoms with Crippen molar-refractivity contribution < 1.29 is 28.7 Å². The number of para-hydroxylation sites is 1. The minimum Gasteiger partial charge on any atom is -0.482 e. The van der Waals surface area contributed by atoms with Gasteiger partial charge in [-0.25, -0.2) is 4.79 Å². The van der Waals surface area contributed by atoms with Crippen LogP contribution in [0.3, 0.4) is 0 Å². The molecule has 0 saturated heterocycles. The molecule has 4 N–H and O–H groups in total. The molecule has 32 heavy (non-hydrogen) atoms. The number of amides is 4. The SMILES string of the molecule is CC(C)(C)OC(=O)Nc1ccc2c(c1)N(CC(=O)Nc1ccccc1C(N)=O)C(=O)CO2. The number of carbonyl (C=O) groups excluding carboxylic acids is 4. The number of hydrogen-bond acceptors (Lipinski definition) is 6. The summed E-state index contributed by atoms with van der Waals surface area (Å²) in [5.74, 6) is -1.29. The summed E-state index contributed by atoms with van der Waals surface area (Å²) in [6.45, 7) is 4.64. The summed E-state index contributed by atoms with van der Waals surface area (Å²) >= 11 is 0. The molecule has 1 heterocycles. The smallest absolute Gasteiger partial charge is 0.412 e. The Kier molecular flexibility index (Phi) is 6.33. The molecule has 0 saturated carbocycles. The molecule has 0 spiro atoms. The molecule has 0 atom stereocenters. The maximum Gasteiger partial charge on any atom is 0.412 e. The van der Waals surface area contributed by atoms with Crippen LogP contribution in [0.25, 0.3) is 0 Å². The lowest BCUT2D eigenvalue weighted by Gasteiger charge is -2.29. The molecule has 0 fully saturated rings. The molecule has 4 amide bonds. The van der Waals surface area contributed by atoms with Crippen molar-refractivity contribution in [3.63, 3.8) is 0 Å². The Morgan fingerprint density at radius 3 is 2.53 bits per heavy atom. The van der Waals surface area contributed by atoms with Crippen molar-refractivity contribution >= 4 is 40.9 Å². The van der Waals surface area contributed by atoms with Crippen LogP contribution in [0, 0.1) is 0 Å². The normalized spacial score (nSPS) is 13.0. The Balaban J connectivity index is 1.78. The van der Waals surface area contributed by atoms with Crippen LogP contribution in [0.15, 0.2) is 42.5 Å². The number of nitrogens with two attached hydrogens (primary N) is 1. The van der Waals surface area contributed by atoms with Crippen LogP contribution in [-0.2, 0) is 14.3 Å². The van der Waals surface area contributed by atoms with E-state index in [1.54, 1.807) is 45.0 Å². The van der Waals surface area contributed by atoms with E-state index in [2.05, 4.69) is 10.6 Å². The van der Waals surface area contributed by atoms with Crippen LogP contribution in [0.5, 0.6) is 5.75 Å². The number of carbonyl (C=O) groups is 4. The predicted molar refractivity (Wildman–Crippen MR) is 118 cm³/mol. The van der Waals surface area contributed by atoms with Crippen LogP contribution < -0.4 is 26.0 Å². The van der Waals surface area contributed by atoms with Gasteiger partial charge in [-0.2, -0.15) is 0 Å². The first-order valence-electron chi connectivity index (χ1n) is 9.79. The predicted octanol–water partition coefficient (Wildman–Crippen LogP) is 2.50. The minimum absolute atomic E-state index is 0.151. The fraction of sp³-hybridized carbons (Fsp3) is 0.273. The summed E-state index contributed by atoms with van der Waals surface area (Å²) < 4.78 is 10.7. The van der Waals surface area contributed by atoms with Crippen molar-refractivity contribution in [1.29, 1.82) is 0 Å². The molecule has 10 heteroatoms. The van der Waals surface area contributed by atoms with E-state index in [9.17, 15) is 19.2 Å². The molecule has 0 unspecified atom stereocenters. The summed E-state index contributed by atoms with van der Waals surface area (Å²) in [7, 11) is 0. The lowest BCUT2D eigenvalue weighted by Crippen LogP contribution is -2.43. The summed E-state index contributed by atoms with van der Waals surface area (Å²) in [4.78, 5) is 50.0. The standard InChI is InChI=1S/C22H24N4O6/c1-22(2,3)32-21(30)24-13-8-9-17-16(10-13)26(19(28)12-31-17)11-18(27)25-15-7-5-4-6-14(15)20(23)29/h4-10H,11-12H2,1-3H3,(H2,23,29)(H,24,30)(H,25,27). The van der Waals surface area contributed by atoms with E-state index in [0.29, 0.717) is 17.1 Å². The third kappa shape index (κ3) is 5.54. The van der Waals surface area contributed by atoms with Crippen molar-refractivity contribution in [3.05, 3.63) is 48.0 Å². The molecule has 2 aromatic carbocycles. The highest BCUT2D eigenvalue weighted by Crippen LogP contribution is 2.34. The van der Waals surface area contributed by atoms with Gasteiger partial charge in [0.15, 0.2) is 6.61 Å². The maximum absolute atomic E-state index is 12.6. The summed E-state index contributed by atoms with van der Waals surface area (Å²) in [5, 5.41) is 5.19. The van der Waals surface area contributed by atoms with Gasteiger partial charge in [0.05, 0.1) is 16.9 Å². The molecule has 0 aliphatic carbocycles. The summed E-state index contributed by atoms with van der Waals surface area (Å²) in [6, 6.07) is 11.0. The highest BCUT2D eigenvalue weighted by atomic mass is 16.6. The lowest BCUT2D eigenvalue weighted by molar-refractivity contribution is -0.123. The second kappa shape index (κ2) is 8.96. The van der Waals surface area contributed by atoms with Gasteiger partial charge in [-0.3, -0.25) is 24.6 Å². The maximum atomic E-state index is 12.6. The van der Waals surface area contributed by atoms with Crippen molar-refractivity contribution in [2.45, 2.75) is 26.4 Å². The topological polar surface area (TPSA) is 140 Å². The first kappa shape index (κ1) is 22.6. The number of fused-ring (bicyclic) bond motifs is 1. The first-order chi connectivity index (χ1) is 15.0. The van der Waals surface area contributed by atoms with Crippen molar-refractivity contribution in [1.82, 2.24) is 0 Å². The van der Waals surface area contributed by atoms with E-state index in [0.717, 1.165) is 0 Å². The minimum atomic E-state index is -0.688.